The van der Waals surface area contributed by atoms with Crippen LogP contribution in [-0.4, -0.2) is 29.2 Å². The van der Waals surface area contributed by atoms with E-state index < -0.39 is 17.9 Å². The van der Waals surface area contributed by atoms with Gasteiger partial charge in [0.25, 0.3) is 11.8 Å². The number of halogens is 3. The van der Waals surface area contributed by atoms with E-state index in [0.717, 1.165) is 4.47 Å². The molecule has 0 radical (unpaired) electrons. The number of nitrogens with one attached hydrogen (secondary N) is 2. The van der Waals surface area contributed by atoms with Gasteiger partial charge in [-0.2, -0.15) is 5.10 Å². The number of aromatic hydroxyl groups is 1. The molecular formula is C19H18BrCl2N3O3. The highest BCUT2D eigenvalue weighted by atomic mass is 79.9. The van der Waals surface area contributed by atoms with Crippen molar-refractivity contribution in [1.29, 1.82) is 0 Å². The highest BCUT2D eigenvalue weighted by Gasteiger charge is 2.24. The Morgan fingerprint density at radius 3 is 2.50 bits per heavy atom. The maximum atomic E-state index is 12.5. The predicted octanol–water partition coefficient (Wildman–Crippen LogP) is 4.37. The SMILES string of the molecule is CC(C)C(NC(=O)c1ccc(Cl)c(Cl)c1)C(=O)N/N=C/c1cc(Br)ccc1O. The van der Waals surface area contributed by atoms with Gasteiger partial charge in [-0.15, -0.1) is 0 Å². The summed E-state index contributed by atoms with van der Waals surface area (Å²) in [7, 11) is 0. The van der Waals surface area contributed by atoms with Gasteiger partial charge in [0.05, 0.1) is 16.3 Å². The molecule has 0 aliphatic heterocycles. The van der Waals surface area contributed by atoms with E-state index in [1.54, 1.807) is 26.0 Å². The molecule has 9 heteroatoms. The molecule has 2 amide bonds. The second kappa shape index (κ2) is 9.91. The zero-order chi connectivity index (χ0) is 20.8. The first kappa shape index (κ1) is 22.2. The van der Waals surface area contributed by atoms with E-state index >= 15 is 0 Å². The minimum atomic E-state index is -0.824. The number of phenols is 1. The molecule has 0 spiro atoms. The first-order valence-corrected chi connectivity index (χ1v) is 9.81. The van der Waals surface area contributed by atoms with Gasteiger partial charge >= 0.3 is 0 Å². The van der Waals surface area contributed by atoms with Crippen LogP contribution in [0.3, 0.4) is 0 Å². The molecule has 0 aromatic heterocycles. The number of amides is 2. The molecule has 0 aliphatic rings. The van der Waals surface area contributed by atoms with E-state index in [9.17, 15) is 14.7 Å². The molecule has 2 rings (SSSR count). The monoisotopic (exact) mass is 485 g/mol. The minimum Gasteiger partial charge on any atom is -0.507 e. The van der Waals surface area contributed by atoms with Crippen molar-refractivity contribution < 1.29 is 14.7 Å². The standard InChI is InChI=1S/C19H18BrCl2N3O3/c1-10(2)17(24-18(27)11-3-5-14(21)15(22)8-11)19(28)25-23-9-12-7-13(20)4-6-16(12)26/h3-10,17,26H,1-2H3,(H,24,27)(H,25,28)/b23-9+. The molecule has 0 aliphatic carbocycles. The number of benzene rings is 2. The Hall–Kier alpha value is -2.09. The third-order valence-corrected chi connectivity index (χ3v) is 5.02. The third kappa shape index (κ3) is 5.95. The van der Waals surface area contributed by atoms with Gasteiger partial charge in [-0.3, -0.25) is 9.59 Å². The molecule has 6 nitrogen and oxygen atoms in total. The second-order valence-electron chi connectivity index (χ2n) is 6.26. The summed E-state index contributed by atoms with van der Waals surface area (Å²) in [5.74, 6) is -1.12. The summed E-state index contributed by atoms with van der Waals surface area (Å²) in [6, 6.07) is 8.47. The maximum Gasteiger partial charge on any atom is 0.262 e. The molecule has 3 N–H and O–H groups in total. The molecule has 2 aromatic rings. The zero-order valence-corrected chi connectivity index (χ0v) is 18.1. The number of phenolic OH excluding ortho intramolecular Hbond substituents is 1. The first-order chi connectivity index (χ1) is 13.2. The summed E-state index contributed by atoms with van der Waals surface area (Å²) in [4.78, 5) is 24.9. The molecule has 0 fully saturated rings. The van der Waals surface area contributed by atoms with Crippen molar-refractivity contribution in [3.63, 3.8) is 0 Å². The van der Waals surface area contributed by atoms with E-state index in [1.165, 1.54) is 30.5 Å². The Labute approximate surface area is 181 Å². The van der Waals surface area contributed by atoms with Gasteiger partial charge in [0.1, 0.15) is 11.8 Å². The van der Waals surface area contributed by atoms with Crippen LogP contribution in [0.25, 0.3) is 0 Å². The van der Waals surface area contributed by atoms with Crippen LogP contribution in [0.1, 0.15) is 29.8 Å². The lowest BCUT2D eigenvalue weighted by atomic mass is 10.0. The van der Waals surface area contributed by atoms with Crippen LogP contribution in [0.2, 0.25) is 10.0 Å². The number of nitrogens with zero attached hydrogens (tertiary/aromatic N) is 1. The Morgan fingerprint density at radius 1 is 1.14 bits per heavy atom. The summed E-state index contributed by atoms with van der Waals surface area (Å²) in [6.07, 6.45) is 1.32. The molecule has 148 valence electrons. The smallest absolute Gasteiger partial charge is 0.262 e. The summed E-state index contributed by atoms with van der Waals surface area (Å²) < 4.78 is 0.757. The molecule has 0 heterocycles. The van der Waals surface area contributed by atoms with E-state index in [-0.39, 0.29) is 22.3 Å². The molecule has 28 heavy (non-hydrogen) atoms. The number of hydrogen-bond donors (Lipinski definition) is 3. The lowest BCUT2D eigenvalue weighted by Gasteiger charge is -2.20. The highest BCUT2D eigenvalue weighted by molar-refractivity contribution is 9.10. The molecule has 0 saturated carbocycles. The molecule has 1 unspecified atom stereocenters. The number of carbonyl (C=O) groups excluding carboxylic acids is 2. The summed E-state index contributed by atoms with van der Waals surface area (Å²) in [5, 5.41) is 16.9. The van der Waals surface area contributed by atoms with E-state index in [1.807, 2.05) is 0 Å². The molecule has 0 bridgehead atoms. The van der Waals surface area contributed by atoms with Crippen LogP contribution in [0.5, 0.6) is 5.75 Å². The van der Waals surface area contributed by atoms with Crippen LogP contribution >= 0.6 is 39.1 Å². The van der Waals surface area contributed by atoms with Crippen molar-refractivity contribution >= 4 is 57.2 Å². The van der Waals surface area contributed by atoms with Gasteiger partial charge in [-0.05, 0) is 42.3 Å². The number of hydrazone groups is 1. The number of rotatable bonds is 6. The van der Waals surface area contributed by atoms with Gasteiger partial charge in [-0.1, -0.05) is 53.0 Å². The second-order valence-corrected chi connectivity index (χ2v) is 7.99. The topological polar surface area (TPSA) is 90.8 Å². The number of hydrogen-bond acceptors (Lipinski definition) is 4. The highest BCUT2D eigenvalue weighted by Crippen LogP contribution is 2.23. The number of carbonyl (C=O) groups is 2. The Kier molecular flexibility index (Phi) is 7.86. The summed E-state index contributed by atoms with van der Waals surface area (Å²) in [5.41, 5.74) is 3.09. The average Bonchev–Trinajstić information content (AvgIpc) is 2.64. The Balaban J connectivity index is 2.07. The largest absolute Gasteiger partial charge is 0.507 e. The van der Waals surface area contributed by atoms with Crippen molar-refractivity contribution in [3.8, 4) is 5.75 Å². The van der Waals surface area contributed by atoms with E-state index in [4.69, 9.17) is 23.2 Å². The first-order valence-electron chi connectivity index (χ1n) is 8.26. The average molecular weight is 487 g/mol. The predicted molar refractivity (Wildman–Crippen MR) is 114 cm³/mol. The maximum absolute atomic E-state index is 12.5. The van der Waals surface area contributed by atoms with Crippen molar-refractivity contribution in [2.45, 2.75) is 19.9 Å². The zero-order valence-electron chi connectivity index (χ0n) is 15.0. The van der Waals surface area contributed by atoms with Gasteiger partial charge in [0, 0.05) is 15.6 Å². The quantitative estimate of drug-likeness (QED) is 0.418. The third-order valence-electron chi connectivity index (χ3n) is 3.79. The van der Waals surface area contributed by atoms with E-state index in [0.29, 0.717) is 10.6 Å². The normalized spacial score (nSPS) is 12.2. The van der Waals surface area contributed by atoms with Crippen molar-refractivity contribution in [3.05, 3.63) is 62.0 Å². The van der Waals surface area contributed by atoms with Crippen LogP contribution < -0.4 is 10.7 Å². The van der Waals surface area contributed by atoms with Gasteiger partial charge in [0.2, 0.25) is 0 Å². The fourth-order valence-corrected chi connectivity index (χ4v) is 2.94. The van der Waals surface area contributed by atoms with E-state index in [2.05, 4.69) is 31.8 Å². The minimum absolute atomic E-state index is 0.0227. The molecule has 0 saturated heterocycles. The van der Waals surface area contributed by atoms with Crippen LogP contribution in [0, 0.1) is 5.92 Å². The van der Waals surface area contributed by atoms with Crippen molar-refractivity contribution in [1.82, 2.24) is 10.7 Å². The van der Waals surface area contributed by atoms with Crippen molar-refractivity contribution in [2.24, 2.45) is 11.0 Å². The molecule has 1 atom stereocenters. The van der Waals surface area contributed by atoms with Crippen LogP contribution in [0.4, 0.5) is 0 Å². The van der Waals surface area contributed by atoms with Crippen LogP contribution in [0.15, 0.2) is 46.0 Å². The van der Waals surface area contributed by atoms with Gasteiger partial charge in [0.15, 0.2) is 0 Å². The van der Waals surface area contributed by atoms with Gasteiger partial charge in [-0.25, -0.2) is 5.43 Å². The summed E-state index contributed by atoms with van der Waals surface area (Å²) >= 11 is 15.1. The van der Waals surface area contributed by atoms with Gasteiger partial charge < -0.3 is 10.4 Å². The molecule has 2 aromatic carbocycles. The lowest BCUT2D eigenvalue weighted by Crippen LogP contribution is -2.48. The van der Waals surface area contributed by atoms with Crippen LogP contribution in [-0.2, 0) is 4.79 Å². The lowest BCUT2D eigenvalue weighted by molar-refractivity contribution is -0.123. The Morgan fingerprint density at radius 2 is 1.86 bits per heavy atom. The van der Waals surface area contributed by atoms with Crippen molar-refractivity contribution in [2.75, 3.05) is 0 Å². The summed E-state index contributed by atoms with van der Waals surface area (Å²) in [6.45, 7) is 3.59. The molecular weight excluding hydrogens is 469 g/mol. The fraction of sp³-hybridized carbons (Fsp3) is 0.211. The Bertz CT molecular complexity index is 919. The fourth-order valence-electron chi connectivity index (χ4n) is 2.26.